The highest BCUT2D eigenvalue weighted by Gasteiger charge is 2.11. The van der Waals surface area contributed by atoms with Crippen molar-refractivity contribution in [3.8, 4) is 17.0 Å². The summed E-state index contributed by atoms with van der Waals surface area (Å²) in [6, 6.07) is 14.1. The number of aromatic nitrogens is 2. The van der Waals surface area contributed by atoms with E-state index < -0.39 is 5.91 Å². The van der Waals surface area contributed by atoms with Gasteiger partial charge in [0.05, 0.1) is 29.1 Å². The zero-order chi connectivity index (χ0) is 18.5. The maximum Gasteiger partial charge on any atom is 0.289 e. The third-order valence-corrected chi connectivity index (χ3v) is 4.23. The average Bonchev–Trinajstić information content (AvgIpc) is 3.14. The van der Waals surface area contributed by atoms with Crippen molar-refractivity contribution in [2.45, 2.75) is 0 Å². The lowest BCUT2D eigenvalue weighted by Crippen LogP contribution is -2.18. The number of hydrogen-bond donors (Lipinski definition) is 2. The van der Waals surface area contributed by atoms with Crippen LogP contribution in [0.1, 0.15) is 16.1 Å². The van der Waals surface area contributed by atoms with Crippen molar-refractivity contribution in [3.05, 3.63) is 69.8 Å². The zero-order valence-electron chi connectivity index (χ0n) is 13.7. The molecule has 0 unspecified atom stereocenters. The molecular formula is C18H14Cl2N4O2. The maximum absolute atomic E-state index is 12.2. The van der Waals surface area contributed by atoms with Crippen molar-refractivity contribution in [2.24, 2.45) is 5.10 Å². The summed E-state index contributed by atoms with van der Waals surface area (Å²) in [5, 5.41) is 11.6. The van der Waals surface area contributed by atoms with E-state index >= 15 is 0 Å². The number of amides is 1. The van der Waals surface area contributed by atoms with Gasteiger partial charge in [0.1, 0.15) is 11.4 Å². The molecule has 6 nitrogen and oxygen atoms in total. The van der Waals surface area contributed by atoms with Crippen molar-refractivity contribution in [2.75, 3.05) is 7.11 Å². The fourth-order valence-electron chi connectivity index (χ4n) is 2.20. The van der Waals surface area contributed by atoms with E-state index in [9.17, 15) is 4.79 Å². The lowest BCUT2D eigenvalue weighted by molar-refractivity contribution is 0.0950. The highest BCUT2D eigenvalue weighted by Crippen LogP contribution is 2.22. The number of rotatable bonds is 5. The van der Waals surface area contributed by atoms with Crippen molar-refractivity contribution < 1.29 is 9.53 Å². The highest BCUT2D eigenvalue weighted by atomic mass is 35.5. The van der Waals surface area contributed by atoms with Crippen LogP contribution in [0.3, 0.4) is 0 Å². The Morgan fingerprint density at radius 3 is 2.54 bits per heavy atom. The number of nitrogens with zero attached hydrogens (tertiary/aromatic N) is 2. The van der Waals surface area contributed by atoms with E-state index in [1.54, 1.807) is 31.4 Å². The van der Waals surface area contributed by atoms with Crippen molar-refractivity contribution in [3.63, 3.8) is 0 Å². The molecule has 1 heterocycles. The van der Waals surface area contributed by atoms with Gasteiger partial charge in [0.2, 0.25) is 0 Å². The Morgan fingerprint density at radius 2 is 1.88 bits per heavy atom. The Balaban J connectivity index is 1.69. The Hall–Kier alpha value is -2.83. The van der Waals surface area contributed by atoms with Gasteiger partial charge in [0, 0.05) is 11.1 Å². The van der Waals surface area contributed by atoms with Gasteiger partial charge in [-0.25, -0.2) is 5.43 Å². The second-order valence-electron chi connectivity index (χ2n) is 5.23. The molecule has 0 saturated heterocycles. The van der Waals surface area contributed by atoms with Crippen LogP contribution in [-0.2, 0) is 0 Å². The van der Waals surface area contributed by atoms with Crippen LogP contribution in [0.15, 0.2) is 53.6 Å². The van der Waals surface area contributed by atoms with E-state index in [0.717, 1.165) is 11.3 Å². The molecule has 2 N–H and O–H groups in total. The number of H-pyrrole nitrogens is 1. The number of carbonyl (C=O) groups is 1. The first-order chi connectivity index (χ1) is 12.6. The smallest absolute Gasteiger partial charge is 0.289 e. The van der Waals surface area contributed by atoms with Gasteiger partial charge in [-0.2, -0.15) is 10.2 Å². The molecule has 26 heavy (non-hydrogen) atoms. The maximum atomic E-state index is 12.2. The van der Waals surface area contributed by atoms with E-state index in [1.807, 2.05) is 24.3 Å². The Labute approximate surface area is 159 Å². The molecule has 0 aliphatic rings. The van der Waals surface area contributed by atoms with Gasteiger partial charge < -0.3 is 4.74 Å². The van der Waals surface area contributed by atoms with Crippen LogP contribution < -0.4 is 10.2 Å². The number of benzene rings is 2. The number of nitrogens with one attached hydrogen (secondary N) is 2. The number of hydrogen-bond acceptors (Lipinski definition) is 4. The lowest BCUT2D eigenvalue weighted by Gasteiger charge is -2.00. The minimum Gasteiger partial charge on any atom is -0.497 e. The summed E-state index contributed by atoms with van der Waals surface area (Å²) in [7, 11) is 1.60. The predicted octanol–water partition coefficient (Wildman–Crippen LogP) is 4.16. The Kier molecular flexibility index (Phi) is 5.55. The van der Waals surface area contributed by atoms with Gasteiger partial charge in [-0.15, -0.1) is 0 Å². The molecule has 0 bridgehead atoms. The topological polar surface area (TPSA) is 79.4 Å². The van der Waals surface area contributed by atoms with Gasteiger partial charge >= 0.3 is 0 Å². The van der Waals surface area contributed by atoms with E-state index in [4.69, 9.17) is 27.9 Å². The molecule has 0 saturated carbocycles. The molecular weight excluding hydrogens is 375 g/mol. The molecule has 2 aromatic carbocycles. The first-order valence-electron chi connectivity index (χ1n) is 7.55. The quantitative estimate of drug-likeness (QED) is 0.508. The van der Waals surface area contributed by atoms with Gasteiger partial charge in [0.25, 0.3) is 5.91 Å². The molecule has 0 fully saturated rings. The second-order valence-corrected chi connectivity index (χ2v) is 6.04. The fraction of sp³-hybridized carbons (Fsp3) is 0.0556. The number of halogens is 2. The summed E-state index contributed by atoms with van der Waals surface area (Å²) in [4.78, 5) is 12.2. The van der Waals surface area contributed by atoms with Gasteiger partial charge in [-0.1, -0.05) is 29.3 Å². The molecule has 132 valence electrons. The largest absolute Gasteiger partial charge is 0.497 e. The van der Waals surface area contributed by atoms with Crippen molar-refractivity contribution in [1.82, 2.24) is 15.6 Å². The first kappa shape index (κ1) is 18.0. The molecule has 0 atom stereocenters. The van der Waals surface area contributed by atoms with Crippen LogP contribution in [-0.4, -0.2) is 29.4 Å². The molecule has 0 aliphatic heterocycles. The van der Waals surface area contributed by atoms with Gasteiger partial charge in [-0.05, 0) is 42.5 Å². The van der Waals surface area contributed by atoms with Crippen molar-refractivity contribution in [1.29, 1.82) is 0 Å². The molecule has 0 radical (unpaired) electrons. The third-order valence-electron chi connectivity index (χ3n) is 3.57. The Morgan fingerprint density at radius 1 is 1.19 bits per heavy atom. The molecule has 8 heteroatoms. The summed E-state index contributed by atoms with van der Waals surface area (Å²) in [5.74, 6) is 0.312. The summed E-state index contributed by atoms with van der Waals surface area (Å²) in [6.45, 7) is 0. The molecule has 3 aromatic rings. The number of carbonyl (C=O) groups excluding carboxylic acids is 1. The summed E-state index contributed by atoms with van der Waals surface area (Å²) in [6.07, 6.45) is 1.39. The van der Waals surface area contributed by atoms with E-state index in [2.05, 4.69) is 20.7 Å². The normalized spacial score (nSPS) is 10.9. The SMILES string of the molecule is COc1ccc(-c2cc(C(=O)N/N=C\c3c(Cl)cccc3Cl)[nH]n2)cc1. The number of hydrazone groups is 1. The first-order valence-corrected chi connectivity index (χ1v) is 8.31. The van der Waals surface area contributed by atoms with Crippen LogP contribution in [0.25, 0.3) is 11.3 Å². The van der Waals surface area contributed by atoms with Crippen LogP contribution >= 0.6 is 23.2 Å². The number of methoxy groups -OCH3 is 1. The van der Waals surface area contributed by atoms with Gasteiger partial charge in [0.15, 0.2) is 0 Å². The Bertz CT molecular complexity index is 932. The standard InChI is InChI=1S/C18H14Cl2N4O2/c1-26-12-7-5-11(6-8-12)16-9-17(23-22-16)18(25)24-21-10-13-14(19)3-2-4-15(13)20/h2-10H,1H3,(H,22,23)(H,24,25)/b21-10-. The number of aromatic amines is 1. The van der Waals surface area contributed by atoms with Crippen LogP contribution in [0.5, 0.6) is 5.75 Å². The van der Waals surface area contributed by atoms with Crippen LogP contribution in [0, 0.1) is 0 Å². The van der Waals surface area contributed by atoms with E-state index in [0.29, 0.717) is 21.3 Å². The van der Waals surface area contributed by atoms with Crippen LogP contribution in [0.2, 0.25) is 10.0 Å². The fourth-order valence-corrected chi connectivity index (χ4v) is 2.69. The van der Waals surface area contributed by atoms with E-state index in [1.165, 1.54) is 6.21 Å². The summed E-state index contributed by atoms with van der Waals surface area (Å²) >= 11 is 12.1. The minimum absolute atomic E-state index is 0.276. The highest BCUT2D eigenvalue weighted by molar-refractivity contribution is 6.38. The van der Waals surface area contributed by atoms with E-state index in [-0.39, 0.29) is 5.69 Å². The molecule has 0 aliphatic carbocycles. The number of ether oxygens (including phenoxy) is 1. The average molecular weight is 389 g/mol. The van der Waals surface area contributed by atoms with Gasteiger partial charge in [-0.3, -0.25) is 9.89 Å². The van der Waals surface area contributed by atoms with Crippen LogP contribution in [0.4, 0.5) is 0 Å². The third kappa shape index (κ3) is 4.04. The monoisotopic (exact) mass is 388 g/mol. The summed E-state index contributed by atoms with van der Waals surface area (Å²) < 4.78 is 5.12. The summed E-state index contributed by atoms with van der Waals surface area (Å²) in [5.41, 5.74) is 4.70. The van der Waals surface area contributed by atoms with Crippen molar-refractivity contribution >= 4 is 35.3 Å². The molecule has 1 aromatic heterocycles. The zero-order valence-corrected chi connectivity index (χ0v) is 15.2. The molecule has 1 amide bonds. The molecule has 0 spiro atoms. The predicted molar refractivity (Wildman–Crippen MR) is 102 cm³/mol. The second kappa shape index (κ2) is 8.03. The minimum atomic E-state index is -0.434. The lowest BCUT2D eigenvalue weighted by atomic mass is 10.1. The molecule has 3 rings (SSSR count).